The summed E-state index contributed by atoms with van der Waals surface area (Å²) >= 11 is 5.73. The number of carbonyl (C=O) groups is 1. The molecular formula is C17H24ClNO. The molecule has 0 bridgehead atoms. The number of carbonyl (C=O) groups excluding carboxylic acids is 1. The number of rotatable bonds is 6. The van der Waals surface area contributed by atoms with E-state index in [1.807, 2.05) is 6.07 Å². The molecule has 3 heteroatoms. The molecule has 1 aliphatic rings. The number of benzene rings is 1. The summed E-state index contributed by atoms with van der Waals surface area (Å²) in [5, 5.41) is 3.06. The van der Waals surface area contributed by atoms with Crippen LogP contribution in [-0.2, 0) is 12.8 Å². The third-order valence-corrected chi connectivity index (χ3v) is 4.34. The van der Waals surface area contributed by atoms with Gasteiger partial charge in [0.05, 0.1) is 0 Å². The second-order valence-corrected chi connectivity index (χ2v) is 6.85. The molecule has 0 aromatic heterocycles. The number of amides is 1. The summed E-state index contributed by atoms with van der Waals surface area (Å²) in [6.07, 6.45) is 5.50. The van der Waals surface area contributed by atoms with Crippen LogP contribution in [0.2, 0.25) is 0 Å². The van der Waals surface area contributed by atoms with Gasteiger partial charge in [0.2, 0.25) is 0 Å². The van der Waals surface area contributed by atoms with E-state index in [4.69, 9.17) is 11.6 Å². The van der Waals surface area contributed by atoms with E-state index >= 15 is 0 Å². The number of hydrogen-bond acceptors (Lipinski definition) is 1. The molecule has 0 unspecified atom stereocenters. The van der Waals surface area contributed by atoms with Crippen LogP contribution in [0.15, 0.2) is 18.2 Å². The molecule has 2 nitrogen and oxygen atoms in total. The first-order valence-electron chi connectivity index (χ1n) is 7.48. The third kappa shape index (κ3) is 3.99. The zero-order valence-electron chi connectivity index (χ0n) is 12.5. The van der Waals surface area contributed by atoms with Gasteiger partial charge in [0.15, 0.2) is 0 Å². The normalized spacial score (nSPS) is 14.2. The van der Waals surface area contributed by atoms with Gasteiger partial charge >= 0.3 is 0 Å². The van der Waals surface area contributed by atoms with Crippen molar-refractivity contribution < 1.29 is 4.79 Å². The standard InChI is InChI=1S/C17H24ClNO/c1-17(2,9-4-10-18)12-19-16(20)15-8-7-13-5-3-6-14(13)11-15/h7-8,11H,3-6,9-10,12H2,1-2H3,(H,19,20). The molecule has 1 N–H and O–H groups in total. The Balaban J connectivity index is 1.92. The van der Waals surface area contributed by atoms with E-state index in [0.717, 1.165) is 31.2 Å². The van der Waals surface area contributed by atoms with Gasteiger partial charge in [-0.05, 0) is 60.8 Å². The highest BCUT2D eigenvalue weighted by molar-refractivity contribution is 6.17. The van der Waals surface area contributed by atoms with Crippen LogP contribution in [0.1, 0.15) is 54.6 Å². The fraction of sp³-hybridized carbons (Fsp3) is 0.588. The van der Waals surface area contributed by atoms with Crippen LogP contribution < -0.4 is 5.32 Å². The molecule has 1 amide bonds. The first kappa shape index (κ1) is 15.4. The van der Waals surface area contributed by atoms with E-state index in [1.165, 1.54) is 17.5 Å². The van der Waals surface area contributed by atoms with Crippen LogP contribution in [0.3, 0.4) is 0 Å². The average Bonchev–Trinajstić information content (AvgIpc) is 2.90. The number of halogens is 1. The molecule has 0 spiro atoms. The molecule has 0 radical (unpaired) electrons. The minimum Gasteiger partial charge on any atom is -0.352 e. The van der Waals surface area contributed by atoms with Crippen molar-refractivity contribution in [2.45, 2.75) is 46.0 Å². The fourth-order valence-electron chi connectivity index (χ4n) is 2.77. The van der Waals surface area contributed by atoms with Gasteiger partial charge in [0.25, 0.3) is 5.91 Å². The van der Waals surface area contributed by atoms with Gasteiger partial charge in [0, 0.05) is 18.0 Å². The summed E-state index contributed by atoms with van der Waals surface area (Å²) in [4.78, 5) is 12.2. The topological polar surface area (TPSA) is 29.1 Å². The Morgan fingerprint density at radius 3 is 2.80 bits per heavy atom. The Labute approximate surface area is 126 Å². The molecule has 1 aromatic rings. The lowest BCUT2D eigenvalue weighted by molar-refractivity contribution is 0.0934. The summed E-state index contributed by atoms with van der Waals surface area (Å²) in [7, 11) is 0. The highest BCUT2D eigenvalue weighted by Crippen LogP contribution is 2.24. The van der Waals surface area contributed by atoms with Gasteiger partial charge in [-0.3, -0.25) is 4.79 Å². The van der Waals surface area contributed by atoms with Crippen molar-refractivity contribution in [3.8, 4) is 0 Å². The average molecular weight is 294 g/mol. The molecule has 0 fully saturated rings. The van der Waals surface area contributed by atoms with Gasteiger partial charge in [-0.25, -0.2) is 0 Å². The first-order chi connectivity index (χ1) is 9.52. The van der Waals surface area contributed by atoms with Gasteiger partial charge < -0.3 is 5.32 Å². The van der Waals surface area contributed by atoms with Gasteiger partial charge in [0.1, 0.15) is 0 Å². The Kier molecular flexibility index (Phi) is 5.09. The van der Waals surface area contributed by atoms with Crippen LogP contribution in [0.5, 0.6) is 0 Å². The summed E-state index contributed by atoms with van der Waals surface area (Å²) in [6.45, 7) is 5.03. The van der Waals surface area contributed by atoms with E-state index in [0.29, 0.717) is 12.4 Å². The summed E-state index contributed by atoms with van der Waals surface area (Å²) in [5.41, 5.74) is 3.64. The quantitative estimate of drug-likeness (QED) is 0.791. The number of fused-ring (bicyclic) bond motifs is 1. The SMILES string of the molecule is CC(C)(CCCCl)CNC(=O)c1ccc2c(c1)CCC2. The lowest BCUT2D eigenvalue weighted by Gasteiger charge is -2.24. The van der Waals surface area contributed by atoms with E-state index in [-0.39, 0.29) is 11.3 Å². The summed E-state index contributed by atoms with van der Waals surface area (Å²) in [5.74, 6) is 0.723. The highest BCUT2D eigenvalue weighted by Gasteiger charge is 2.19. The largest absolute Gasteiger partial charge is 0.352 e. The zero-order valence-corrected chi connectivity index (χ0v) is 13.2. The number of hydrogen-bond donors (Lipinski definition) is 1. The molecule has 0 aliphatic heterocycles. The zero-order chi connectivity index (χ0) is 14.6. The van der Waals surface area contributed by atoms with E-state index in [2.05, 4.69) is 31.3 Å². The minimum atomic E-state index is 0.0404. The first-order valence-corrected chi connectivity index (χ1v) is 8.01. The third-order valence-electron chi connectivity index (χ3n) is 4.08. The van der Waals surface area contributed by atoms with Crippen molar-refractivity contribution in [1.82, 2.24) is 5.32 Å². The van der Waals surface area contributed by atoms with Gasteiger partial charge in [-0.2, -0.15) is 0 Å². The Bertz CT molecular complexity index is 482. The second-order valence-electron chi connectivity index (χ2n) is 6.48. The van der Waals surface area contributed by atoms with E-state index in [9.17, 15) is 4.79 Å². The van der Waals surface area contributed by atoms with Crippen molar-refractivity contribution in [3.63, 3.8) is 0 Å². The molecule has 20 heavy (non-hydrogen) atoms. The van der Waals surface area contributed by atoms with Crippen molar-refractivity contribution in [3.05, 3.63) is 34.9 Å². The van der Waals surface area contributed by atoms with E-state index < -0.39 is 0 Å². The van der Waals surface area contributed by atoms with Crippen LogP contribution in [0, 0.1) is 5.41 Å². The number of alkyl halides is 1. The Morgan fingerprint density at radius 2 is 2.05 bits per heavy atom. The molecule has 1 aliphatic carbocycles. The minimum absolute atomic E-state index is 0.0404. The lowest BCUT2D eigenvalue weighted by atomic mass is 9.88. The van der Waals surface area contributed by atoms with E-state index in [1.54, 1.807) is 0 Å². The monoisotopic (exact) mass is 293 g/mol. The maximum atomic E-state index is 12.2. The molecule has 2 rings (SSSR count). The predicted molar refractivity (Wildman–Crippen MR) is 84.5 cm³/mol. The maximum absolute atomic E-state index is 12.2. The van der Waals surface area contributed by atoms with Crippen LogP contribution in [0.4, 0.5) is 0 Å². The molecule has 0 saturated carbocycles. The van der Waals surface area contributed by atoms with Gasteiger partial charge in [-0.1, -0.05) is 19.9 Å². The Morgan fingerprint density at radius 1 is 1.30 bits per heavy atom. The van der Waals surface area contributed by atoms with Crippen molar-refractivity contribution in [1.29, 1.82) is 0 Å². The van der Waals surface area contributed by atoms with Crippen LogP contribution in [0.25, 0.3) is 0 Å². The fourth-order valence-corrected chi connectivity index (χ4v) is 2.90. The molecule has 0 atom stereocenters. The predicted octanol–water partition coefficient (Wildman–Crippen LogP) is 3.95. The van der Waals surface area contributed by atoms with Crippen LogP contribution in [-0.4, -0.2) is 18.3 Å². The maximum Gasteiger partial charge on any atom is 0.251 e. The molecule has 110 valence electrons. The molecular weight excluding hydrogens is 270 g/mol. The second kappa shape index (κ2) is 6.62. The molecule has 0 saturated heterocycles. The number of aryl methyl sites for hydroxylation is 2. The van der Waals surface area contributed by atoms with Crippen molar-refractivity contribution in [2.24, 2.45) is 5.41 Å². The molecule has 0 heterocycles. The smallest absolute Gasteiger partial charge is 0.251 e. The van der Waals surface area contributed by atoms with Crippen LogP contribution >= 0.6 is 11.6 Å². The highest BCUT2D eigenvalue weighted by atomic mass is 35.5. The number of nitrogens with one attached hydrogen (secondary N) is 1. The lowest BCUT2D eigenvalue weighted by Crippen LogP contribution is -2.34. The van der Waals surface area contributed by atoms with Crippen molar-refractivity contribution >= 4 is 17.5 Å². The summed E-state index contributed by atoms with van der Waals surface area (Å²) in [6, 6.07) is 6.12. The summed E-state index contributed by atoms with van der Waals surface area (Å²) < 4.78 is 0. The van der Waals surface area contributed by atoms with Gasteiger partial charge in [-0.15, -0.1) is 11.6 Å². The molecule has 1 aromatic carbocycles. The van der Waals surface area contributed by atoms with Crippen molar-refractivity contribution in [2.75, 3.05) is 12.4 Å². The Hall–Kier alpha value is -1.02.